The van der Waals surface area contributed by atoms with E-state index in [2.05, 4.69) is 15.4 Å². The quantitative estimate of drug-likeness (QED) is 0.252. The number of aryl methyl sites for hydroxylation is 2. The van der Waals surface area contributed by atoms with Gasteiger partial charge in [0, 0.05) is 35.3 Å². The topological polar surface area (TPSA) is 182 Å². The predicted molar refractivity (Wildman–Crippen MR) is 222 cm³/mol. The van der Waals surface area contributed by atoms with Crippen molar-refractivity contribution in [2.75, 3.05) is 13.7 Å². The lowest BCUT2D eigenvalue weighted by Crippen LogP contribution is -2.58. The van der Waals surface area contributed by atoms with E-state index >= 15 is 0 Å². The van der Waals surface area contributed by atoms with Crippen LogP contribution in [0.3, 0.4) is 0 Å². The number of fused-ring (bicyclic) bond motifs is 5. The molecule has 3 aromatic rings. The van der Waals surface area contributed by atoms with Gasteiger partial charge in [0.15, 0.2) is 0 Å². The number of carbonyl (C=O) groups is 4. The van der Waals surface area contributed by atoms with Gasteiger partial charge < -0.3 is 29.7 Å². The van der Waals surface area contributed by atoms with E-state index in [1.807, 2.05) is 49.4 Å². The summed E-state index contributed by atoms with van der Waals surface area (Å²) in [6.45, 7) is 3.58. The Morgan fingerprint density at radius 3 is 2.48 bits per heavy atom. The Bertz CT molecular complexity index is 2390. The highest BCUT2D eigenvalue weighted by atomic mass is 32.2. The lowest BCUT2D eigenvalue weighted by molar-refractivity contribution is -0.141. The molecule has 14 nitrogen and oxygen atoms in total. The Balaban J connectivity index is 1.06. The van der Waals surface area contributed by atoms with Crippen LogP contribution in [0.25, 0.3) is 10.9 Å². The number of pyridine rings is 1. The molecule has 60 heavy (non-hydrogen) atoms. The summed E-state index contributed by atoms with van der Waals surface area (Å²) in [5.74, 6) is -0.312. The number of nitrogens with zero attached hydrogens (tertiary/aromatic N) is 2. The first-order valence-electron chi connectivity index (χ1n) is 21.3. The normalized spacial score (nSPS) is 28.5. The maximum Gasteiger partial charge on any atom is 0.413 e. The van der Waals surface area contributed by atoms with Crippen molar-refractivity contribution in [1.29, 1.82) is 0 Å². The molecule has 0 unspecified atom stereocenters. The van der Waals surface area contributed by atoms with Crippen LogP contribution in [0.2, 0.25) is 0 Å². The van der Waals surface area contributed by atoms with Crippen molar-refractivity contribution in [1.82, 2.24) is 25.2 Å². The number of methoxy groups -OCH3 is 1. The van der Waals surface area contributed by atoms with E-state index in [1.54, 1.807) is 26.2 Å². The average molecular weight is 840 g/mol. The lowest BCUT2D eigenvalue weighted by Gasteiger charge is -2.37. The fourth-order valence-corrected chi connectivity index (χ4v) is 10.5. The zero-order valence-corrected chi connectivity index (χ0v) is 35.2. The molecule has 1 saturated heterocycles. The summed E-state index contributed by atoms with van der Waals surface area (Å²) in [6, 6.07) is 10.7. The monoisotopic (exact) mass is 839 g/mol. The van der Waals surface area contributed by atoms with Crippen molar-refractivity contribution in [2.45, 2.75) is 131 Å². The highest BCUT2D eigenvalue weighted by Gasteiger charge is 2.64. The Morgan fingerprint density at radius 1 is 0.983 bits per heavy atom. The van der Waals surface area contributed by atoms with Crippen LogP contribution in [0.5, 0.6) is 17.2 Å². The van der Waals surface area contributed by atoms with Gasteiger partial charge >= 0.3 is 6.09 Å². The van der Waals surface area contributed by atoms with E-state index in [1.165, 1.54) is 4.90 Å². The number of amides is 4. The van der Waals surface area contributed by atoms with Crippen LogP contribution >= 0.6 is 0 Å². The summed E-state index contributed by atoms with van der Waals surface area (Å²) < 4.78 is 46.1. The minimum Gasteiger partial charge on any atom is -0.497 e. The van der Waals surface area contributed by atoms with E-state index in [-0.39, 0.29) is 25.3 Å². The molecule has 3 N–H and O–H groups in total. The molecule has 6 aliphatic rings. The van der Waals surface area contributed by atoms with Gasteiger partial charge in [-0.3, -0.25) is 19.1 Å². The van der Waals surface area contributed by atoms with Gasteiger partial charge in [-0.1, -0.05) is 42.7 Å². The van der Waals surface area contributed by atoms with Crippen LogP contribution in [0, 0.1) is 12.8 Å². The summed E-state index contributed by atoms with van der Waals surface area (Å²) in [5.41, 5.74) is 1.20. The number of hydrogen-bond donors (Lipinski definition) is 3. The second kappa shape index (κ2) is 15.1. The third kappa shape index (κ3) is 7.58. The minimum atomic E-state index is -4.00. The zero-order chi connectivity index (χ0) is 42.0. The van der Waals surface area contributed by atoms with Crippen LogP contribution in [-0.4, -0.2) is 83.7 Å². The number of carbonyl (C=O) groups excluding carboxylic acids is 4. The zero-order valence-electron chi connectivity index (χ0n) is 34.4. The molecule has 4 amide bonds. The molecule has 1 aromatic heterocycles. The maximum atomic E-state index is 15.0. The van der Waals surface area contributed by atoms with Gasteiger partial charge in [0.2, 0.25) is 21.8 Å². The van der Waals surface area contributed by atoms with Gasteiger partial charge in [-0.2, -0.15) is 0 Å². The van der Waals surface area contributed by atoms with Crippen LogP contribution in [0.4, 0.5) is 4.79 Å². The first-order valence-corrected chi connectivity index (χ1v) is 22.8. The van der Waals surface area contributed by atoms with Crippen LogP contribution < -0.4 is 29.6 Å². The molecule has 0 bridgehead atoms. The number of rotatable bonds is 7. The highest BCUT2D eigenvalue weighted by Crippen LogP contribution is 2.52. The first-order chi connectivity index (χ1) is 28.7. The molecule has 3 saturated carbocycles. The van der Waals surface area contributed by atoms with E-state index in [9.17, 15) is 27.6 Å². The number of hydrogen-bond acceptors (Lipinski definition) is 10. The smallest absolute Gasteiger partial charge is 0.413 e. The van der Waals surface area contributed by atoms with E-state index in [0.717, 1.165) is 53.4 Å². The second-order valence-electron chi connectivity index (χ2n) is 18.1. The molecule has 9 rings (SSSR count). The molecular formula is C45H53N5O9S. The molecular weight excluding hydrogens is 787 g/mol. The third-order valence-electron chi connectivity index (χ3n) is 13.5. The highest BCUT2D eigenvalue weighted by molar-refractivity contribution is 7.91. The summed E-state index contributed by atoms with van der Waals surface area (Å²) in [4.78, 5) is 63.9. The van der Waals surface area contributed by atoms with E-state index in [0.29, 0.717) is 62.2 Å². The SMILES string of the molecule is COc1ccc2c3c(c(C4CC4)nc2c1)O[C@]1(CC3)C[C@H]2C(=O)N[C@]3(C(=O)NS(=O)(=O)C4(C)CC4)C[C@H]3C=CCCCCC[C@H](NC(=O)Oc3ccc(C)cc3)C(=O)N2C1. The van der Waals surface area contributed by atoms with Gasteiger partial charge in [0.05, 0.1) is 29.6 Å². The van der Waals surface area contributed by atoms with E-state index in [4.69, 9.17) is 19.2 Å². The fraction of sp³-hybridized carbons (Fsp3) is 0.533. The maximum absolute atomic E-state index is 15.0. The third-order valence-corrected chi connectivity index (χ3v) is 15.7. The average Bonchev–Trinajstić information content (AvgIpc) is 4.16. The summed E-state index contributed by atoms with van der Waals surface area (Å²) in [6.07, 6.45) is 10.5. The standard InChI is InChI=1S/C45H53N5O9S/c1-27-11-15-30(16-12-27)58-42(54)47-34-10-8-6-4-5-7-9-29-24-45(29,41(53)49-60(55,56)43(2)21-22-43)48-39(51)36-25-44(26-50(36)40(34)52)20-19-33-32-18-17-31(57-3)23-35(32)46-37(28-13-14-28)38(33)59-44/h7,9,11-12,15-18,23,28-29,34,36H,4-6,8,10,13-14,19-22,24-26H2,1-3H3,(H,47,54)(H,48,51)(H,49,53)/t29-,34+,36+,44-,45-/m1/s1. The lowest BCUT2D eigenvalue weighted by atomic mass is 9.86. The molecule has 1 spiro atoms. The summed E-state index contributed by atoms with van der Waals surface area (Å²) >= 11 is 0. The molecule has 5 atom stereocenters. The predicted octanol–water partition coefficient (Wildman–Crippen LogP) is 5.64. The molecule has 4 fully saturated rings. The number of nitrogens with one attached hydrogen (secondary N) is 3. The first kappa shape index (κ1) is 40.2. The molecule has 15 heteroatoms. The van der Waals surface area contributed by atoms with Gasteiger partial charge in [-0.25, -0.2) is 18.2 Å². The van der Waals surface area contributed by atoms with Crippen molar-refractivity contribution in [3.05, 3.63) is 71.4 Å². The summed E-state index contributed by atoms with van der Waals surface area (Å²) in [7, 11) is -2.38. The largest absolute Gasteiger partial charge is 0.497 e. The number of benzene rings is 2. The molecule has 0 radical (unpaired) electrons. The van der Waals surface area contributed by atoms with Crippen molar-refractivity contribution in [3.8, 4) is 17.2 Å². The minimum absolute atomic E-state index is 0.0502. The van der Waals surface area contributed by atoms with Crippen LogP contribution in [-0.2, 0) is 30.8 Å². The van der Waals surface area contributed by atoms with Crippen molar-refractivity contribution >= 4 is 44.7 Å². The van der Waals surface area contributed by atoms with Crippen LogP contribution in [0.15, 0.2) is 54.6 Å². The molecule has 3 aliphatic heterocycles. The molecule has 318 valence electrons. The Hall–Kier alpha value is -5.18. The van der Waals surface area contributed by atoms with Crippen molar-refractivity contribution < 1.29 is 41.8 Å². The fourth-order valence-electron chi connectivity index (χ4n) is 9.18. The molecule has 4 heterocycles. The Morgan fingerprint density at radius 2 is 1.75 bits per heavy atom. The molecule has 3 aliphatic carbocycles. The number of allylic oxidation sites excluding steroid dienone is 1. The van der Waals surface area contributed by atoms with Gasteiger partial charge in [-0.05, 0) is 102 Å². The Kier molecular flexibility index (Phi) is 10.1. The van der Waals surface area contributed by atoms with Gasteiger partial charge in [-0.15, -0.1) is 0 Å². The van der Waals surface area contributed by atoms with Crippen molar-refractivity contribution in [2.24, 2.45) is 5.92 Å². The number of aromatic nitrogens is 1. The van der Waals surface area contributed by atoms with Gasteiger partial charge in [0.1, 0.15) is 40.5 Å². The van der Waals surface area contributed by atoms with E-state index < -0.39 is 67.7 Å². The van der Waals surface area contributed by atoms with Gasteiger partial charge in [0.25, 0.3) is 5.91 Å². The molecule has 2 aromatic carbocycles. The van der Waals surface area contributed by atoms with Crippen LogP contribution in [0.1, 0.15) is 107 Å². The number of ether oxygens (including phenoxy) is 3. The second-order valence-corrected chi connectivity index (χ2v) is 20.3. The Labute approximate surface area is 350 Å². The van der Waals surface area contributed by atoms with Crippen molar-refractivity contribution in [3.63, 3.8) is 0 Å². The summed E-state index contributed by atoms with van der Waals surface area (Å²) in [5, 5.41) is 6.76. The number of sulfonamides is 1.